The SMILES string of the molecule is CN1CC(C(=O)N(Cc2ccccn2)C2CCCNCC2)CC1=O.Cl. The summed E-state index contributed by atoms with van der Waals surface area (Å²) >= 11 is 0. The molecule has 1 aromatic rings. The third-order valence-corrected chi connectivity index (χ3v) is 5.02. The number of carbonyl (C=O) groups excluding carboxylic acids is 2. The second kappa shape index (κ2) is 9.15. The molecule has 2 atom stereocenters. The number of likely N-dealkylation sites (tertiary alicyclic amines) is 1. The number of carbonyl (C=O) groups is 2. The molecule has 2 aliphatic rings. The third-order valence-electron chi connectivity index (χ3n) is 5.02. The number of amides is 2. The van der Waals surface area contributed by atoms with E-state index in [1.54, 1.807) is 18.1 Å². The first-order valence-electron chi connectivity index (χ1n) is 8.80. The Morgan fingerprint density at radius 3 is 2.88 bits per heavy atom. The van der Waals surface area contributed by atoms with E-state index in [-0.39, 0.29) is 36.2 Å². The van der Waals surface area contributed by atoms with Gasteiger partial charge in [0.2, 0.25) is 11.8 Å². The van der Waals surface area contributed by atoms with Crippen molar-refractivity contribution >= 4 is 24.2 Å². The van der Waals surface area contributed by atoms with Crippen molar-refractivity contribution in [1.29, 1.82) is 0 Å². The lowest BCUT2D eigenvalue weighted by molar-refractivity contribution is -0.139. The first kappa shape index (κ1) is 19.7. The molecule has 7 heteroatoms. The van der Waals surface area contributed by atoms with Crippen LogP contribution in [0, 0.1) is 5.92 Å². The summed E-state index contributed by atoms with van der Waals surface area (Å²) in [4.78, 5) is 33.0. The number of pyridine rings is 1. The van der Waals surface area contributed by atoms with Gasteiger partial charge in [-0.2, -0.15) is 0 Å². The van der Waals surface area contributed by atoms with Crippen LogP contribution in [0.15, 0.2) is 24.4 Å². The molecule has 3 rings (SSSR count). The van der Waals surface area contributed by atoms with E-state index < -0.39 is 0 Å². The van der Waals surface area contributed by atoms with E-state index in [2.05, 4.69) is 10.3 Å². The predicted octanol–water partition coefficient (Wildman–Crippen LogP) is 1.45. The van der Waals surface area contributed by atoms with E-state index in [0.717, 1.165) is 38.0 Å². The van der Waals surface area contributed by atoms with Gasteiger partial charge in [0.1, 0.15) is 0 Å². The molecule has 2 fully saturated rings. The van der Waals surface area contributed by atoms with Crippen LogP contribution in [0.2, 0.25) is 0 Å². The van der Waals surface area contributed by atoms with Crippen LogP contribution in [0.25, 0.3) is 0 Å². The molecule has 0 aromatic carbocycles. The number of aromatic nitrogens is 1. The summed E-state index contributed by atoms with van der Waals surface area (Å²) in [5.41, 5.74) is 0.903. The third kappa shape index (κ3) is 4.92. The van der Waals surface area contributed by atoms with Gasteiger partial charge in [-0.3, -0.25) is 14.6 Å². The molecule has 2 unspecified atom stereocenters. The highest BCUT2D eigenvalue weighted by atomic mass is 35.5. The van der Waals surface area contributed by atoms with Crippen molar-refractivity contribution in [3.05, 3.63) is 30.1 Å². The van der Waals surface area contributed by atoms with Crippen LogP contribution >= 0.6 is 12.4 Å². The Hall–Kier alpha value is -1.66. The molecule has 6 nitrogen and oxygen atoms in total. The van der Waals surface area contributed by atoms with E-state index >= 15 is 0 Å². The van der Waals surface area contributed by atoms with Crippen molar-refractivity contribution in [3.63, 3.8) is 0 Å². The average Bonchev–Trinajstić information content (AvgIpc) is 2.80. The minimum atomic E-state index is -0.220. The molecule has 138 valence electrons. The lowest BCUT2D eigenvalue weighted by atomic mass is 10.0. The molecule has 2 saturated heterocycles. The van der Waals surface area contributed by atoms with Crippen molar-refractivity contribution in [2.45, 2.75) is 38.3 Å². The summed E-state index contributed by atoms with van der Waals surface area (Å²) in [5.74, 6) is -0.0543. The monoisotopic (exact) mass is 366 g/mol. The summed E-state index contributed by atoms with van der Waals surface area (Å²) in [5, 5.41) is 3.40. The number of hydrogen-bond acceptors (Lipinski definition) is 4. The van der Waals surface area contributed by atoms with Crippen LogP contribution in [0.1, 0.15) is 31.4 Å². The lowest BCUT2D eigenvalue weighted by Gasteiger charge is -2.33. The van der Waals surface area contributed by atoms with Gasteiger partial charge in [0, 0.05) is 32.3 Å². The van der Waals surface area contributed by atoms with E-state index in [9.17, 15) is 9.59 Å². The van der Waals surface area contributed by atoms with Crippen LogP contribution in [0.4, 0.5) is 0 Å². The van der Waals surface area contributed by atoms with E-state index in [1.165, 1.54) is 0 Å². The van der Waals surface area contributed by atoms with Gasteiger partial charge in [-0.05, 0) is 44.5 Å². The number of hydrogen-bond donors (Lipinski definition) is 1. The smallest absolute Gasteiger partial charge is 0.228 e. The maximum Gasteiger partial charge on any atom is 0.228 e. The number of nitrogens with zero attached hydrogens (tertiary/aromatic N) is 3. The van der Waals surface area contributed by atoms with Crippen molar-refractivity contribution < 1.29 is 9.59 Å². The molecule has 0 bridgehead atoms. The Kier molecular flexibility index (Phi) is 7.20. The van der Waals surface area contributed by atoms with Crippen LogP contribution in [-0.4, -0.2) is 59.3 Å². The van der Waals surface area contributed by atoms with E-state index in [0.29, 0.717) is 19.5 Å². The van der Waals surface area contributed by atoms with Gasteiger partial charge in [-0.25, -0.2) is 0 Å². The second-order valence-electron chi connectivity index (χ2n) is 6.80. The maximum absolute atomic E-state index is 13.2. The highest BCUT2D eigenvalue weighted by molar-refractivity contribution is 5.89. The fourth-order valence-corrected chi connectivity index (χ4v) is 3.63. The Morgan fingerprint density at radius 1 is 1.36 bits per heavy atom. The number of nitrogens with one attached hydrogen (secondary N) is 1. The minimum Gasteiger partial charge on any atom is -0.345 e. The number of halogens is 1. The normalized spacial score (nSPS) is 23.7. The zero-order valence-corrected chi connectivity index (χ0v) is 15.5. The highest BCUT2D eigenvalue weighted by Crippen LogP contribution is 2.24. The fraction of sp³-hybridized carbons (Fsp3) is 0.611. The highest BCUT2D eigenvalue weighted by Gasteiger charge is 2.37. The number of rotatable bonds is 4. The van der Waals surface area contributed by atoms with Crippen LogP contribution in [0.5, 0.6) is 0 Å². The Balaban J connectivity index is 0.00000225. The van der Waals surface area contributed by atoms with Crippen LogP contribution in [-0.2, 0) is 16.1 Å². The molecular formula is C18H27ClN4O2. The lowest BCUT2D eigenvalue weighted by Crippen LogP contribution is -2.44. The molecular weight excluding hydrogens is 340 g/mol. The molecule has 0 saturated carbocycles. The molecule has 2 aliphatic heterocycles. The van der Waals surface area contributed by atoms with Crippen LogP contribution < -0.4 is 5.32 Å². The summed E-state index contributed by atoms with van der Waals surface area (Å²) in [6, 6.07) is 6.01. The van der Waals surface area contributed by atoms with Crippen molar-refractivity contribution in [2.24, 2.45) is 5.92 Å². The van der Waals surface area contributed by atoms with E-state index in [4.69, 9.17) is 0 Å². The summed E-state index contributed by atoms with van der Waals surface area (Å²) in [7, 11) is 1.77. The van der Waals surface area contributed by atoms with Crippen molar-refractivity contribution in [3.8, 4) is 0 Å². The summed E-state index contributed by atoms with van der Waals surface area (Å²) in [6.07, 6.45) is 5.12. The molecule has 3 heterocycles. The Labute approximate surface area is 155 Å². The Morgan fingerprint density at radius 2 is 2.20 bits per heavy atom. The standard InChI is InChI=1S/C18H26N4O2.ClH/c1-21-12-14(11-17(21)23)18(24)22(13-15-5-2-3-9-20-15)16-6-4-8-19-10-7-16;/h2-3,5,9,14,16,19H,4,6-8,10-13H2,1H3;1H. The quantitative estimate of drug-likeness (QED) is 0.876. The van der Waals surface area contributed by atoms with Crippen molar-refractivity contribution in [2.75, 3.05) is 26.7 Å². The van der Waals surface area contributed by atoms with Gasteiger partial charge in [-0.15, -0.1) is 12.4 Å². The average molecular weight is 367 g/mol. The van der Waals surface area contributed by atoms with Crippen molar-refractivity contribution in [1.82, 2.24) is 20.1 Å². The second-order valence-corrected chi connectivity index (χ2v) is 6.80. The molecule has 1 aromatic heterocycles. The topological polar surface area (TPSA) is 65.5 Å². The van der Waals surface area contributed by atoms with Gasteiger partial charge >= 0.3 is 0 Å². The summed E-state index contributed by atoms with van der Waals surface area (Å²) in [6.45, 7) is 2.99. The van der Waals surface area contributed by atoms with Gasteiger partial charge in [-0.1, -0.05) is 6.07 Å². The van der Waals surface area contributed by atoms with Gasteiger partial charge in [0.25, 0.3) is 0 Å². The Bertz CT molecular complexity index is 576. The van der Waals surface area contributed by atoms with Gasteiger partial charge in [0.05, 0.1) is 18.2 Å². The fourth-order valence-electron chi connectivity index (χ4n) is 3.63. The van der Waals surface area contributed by atoms with Gasteiger partial charge < -0.3 is 15.1 Å². The van der Waals surface area contributed by atoms with Gasteiger partial charge in [0.15, 0.2) is 0 Å². The molecule has 25 heavy (non-hydrogen) atoms. The molecule has 0 radical (unpaired) electrons. The van der Waals surface area contributed by atoms with Crippen LogP contribution in [0.3, 0.4) is 0 Å². The zero-order valence-electron chi connectivity index (χ0n) is 14.7. The molecule has 1 N–H and O–H groups in total. The minimum absolute atomic E-state index is 0. The largest absolute Gasteiger partial charge is 0.345 e. The maximum atomic E-state index is 13.2. The zero-order chi connectivity index (χ0) is 16.9. The summed E-state index contributed by atoms with van der Waals surface area (Å²) < 4.78 is 0. The first-order chi connectivity index (χ1) is 11.6. The molecule has 0 spiro atoms. The molecule has 0 aliphatic carbocycles. The predicted molar refractivity (Wildman–Crippen MR) is 98.3 cm³/mol. The molecule has 2 amide bonds. The van der Waals surface area contributed by atoms with E-state index in [1.807, 2.05) is 23.1 Å². The first-order valence-corrected chi connectivity index (χ1v) is 8.80.